The van der Waals surface area contributed by atoms with Gasteiger partial charge in [-0.1, -0.05) is 38.1 Å². The zero-order valence-corrected chi connectivity index (χ0v) is 12.1. The van der Waals surface area contributed by atoms with Crippen molar-refractivity contribution < 1.29 is 0 Å². The minimum atomic E-state index is 0.245. The Morgan fingerprint density at radius 1 is 1.35 bits per heavy atom. The second kappa shape index (κ2) is 5.61. The van der Waals surface area contributed by atoms with Gasteiger partial charge in [0.1, 0.15) is 6.17 Å². The van der Waals surface area contributed by atoms with Crippen LogP contribution in [0.2, 0.25) is 0 Å². The molecule has 0 radical (unpaired) electrons. The van der Waals surface area contributed by atoms with Gasteiger partial charge in [-0.15, -0.1) is 0 Å². The molecule has 104 valence electrons. The fourth-order valence-corrected chi connectivity index (χ4v) is 2.90. The summed E-state index contributed by atoms with van der Waals surface area (Å²) in [5.41, 5.74) is 2.37. The zero-order chi connectivity index (χ0) is 13.9. The standard InChI is InChI=1S/C17H21N3/c1-13(2)15-7-3-4-8-16(15)19-12-20-11-9-14-6-5-10-18-17(14)20/h3-8,10,12-14,17H,9,11H2,1-2H3. The molecule has 0 aliphatic carbocycles. The summed E-state index contributed by atoms with van der Waals surface area (Å²) in [5.74, 6) is 1.04. The summed E-state index contributed by atoms with van der Waals surface area (Å²) in [6, 6.07) is 8.37. The van der Waals surface area contributed by atoms with Gasteiger partial charge < -0.3 is 4.90 Å². The molecule has 1 aromatic rings. The smallest absolute Gasteiger partial charge is 0.128 e. The highest BCUT2D eigenvalue weighted by atomic mass is 15.3. The molecule has 0 aromatic heterocycles. The van der Waals surface area contributed by atoms with Crippen LogP contribution in [0.5, 0.6) is 0 Å². The van der Waals surface area contributed by atoms with Crippen molar-refractivity contribution in [1.29, 1.82) is 0 Å². The molecular formula is C17H21N3. The van der Waals surface area contributed by atoms with Gasteiger partial charge in [0.05, 0.1) is 12.0 Å². The van der Waals surface area contributed by atoms with Crippen molar-refractivity contribution in [2.45, 2.75) is 32.4 Å². The number of allylic oxidation sites excluding steroid dienone is 1. The van der Waals surface area contributed by atoms with Crippen molar-refractivity contribution >= 4 is 18.2 Å². The van der Waals surface area contributed by atoms with Gasteiger partial charge in [-0.05, 0) is 30.0 Å². The largest absolute Gasteiger partial charge is 0.340 e. The molecule has 2 atom stereocenters. The first-order valence-electron chi connectivity index (χ1n) is 7.34. The van der Waals surface area contributed by atoms with Crippen LogP contribution in [-0.4, -0.2) is 30.2 Å². The highest BCUT2D eigenvalue weighted by molar-refractivity contribution is 5.73. The van der Waals surface area contributed by atoms with Gasteiger partial charge in [-0.25, -0.2) is 4.99 Å². The summed E-state index contributed by atoms with van der Waals surface area (Å²) in [7, 11) is 0. The molecule has 3 heteroatoms. The van der Waals surface area contributed by atoms with Gasteiger partial charge >= 0.3 is 0 Å². The van der Waals surface area contributed by atoms with Gasteiger partial charge in [0.25, 0.3) is 0 Å². The molecule has 0 amide bonds. The molecule has 1 fully saturated rings. The monoisotopic (exact) mass is 267 g/mol. The molecule has 3 rings (SSSR count). The van der Waals surface area contributed by atoms with Crippen LogP contribution in [0.4, 0.5) is 5.69 Å². The van der Waals surface area contributed by atoms with Gasteiger partial charge in [0.15, 0.2) is 0 Å². The first kappa shape index (κ1) is 13.1. The number of rotatable bonds is 3. The Bertz CT molecular complexity index is 557. The van der Waals surface area contributed by atoms with E-state index in [4.69, 9.17) is 4.99 Å². The fraction of sp³-hybridized carbons (Fsp3) is 0.412. The molecule has 0 N–H and O–H groups in total. The van der Waals surface area contributed by atoms with Crippen molar-refractivity contribution in [3.63, 3.8) is 0 Å². The van der Waals surface area contributed by atoms with E-state index < -0.39 is 0 Å². The fourth-order valence-electron chi connectivity index (χ4n) is 2.90. The maximum atomic E-state index is 4.70. The van der Waals surface area contributed by atoms with Crippen LogP contribution in [0.1, 0.15) is 31.7 Å². The Morgan fingerprint density at radius 3 is 3.05 bits per heavy atom. The van der Waals surface area contributed by atoms with Crippen LogP contribution >= 0.6 is 0 Å². The minimum Gasteiger partial charge on any atom is -0.340 e. The van der Waals surface area contributed by atoms with E-state index in [-0.39, 0.29) is 6.17 Å². The number of para-hydroxylation sites is 1. The van der Waals surface area contributed by atoms with Crippen molar-refractivity contribution in [2.75, 3.05) is 6.54 Å². The third-order valence-electron chi connectivity index (χ3n) is 4.03. The number of dihydropyridines is 1. The molecule has 0 bridgehead atoms. The van der Waals surface area contributed by atoms with Gasteiger partial charge in [-0.2, -0.15) is 0 Å². The SMILES string of the molecule is CC(C)c1ccccc1N=CN1CCC2C=CC=NC21. The molecule has 2 aliphatic rings. The molecule has 1 aromatic carbocycles. The number of nitrogens with zero attached hydrogens (tertiary/aromatic N) is 3. The van der Waals surface area contributed by atoms with E-state index in [1.54, 1.807) is 0 Å². The maximum Gasteiger partial charge on any atom is 0.128 e. The highest BCUT2D eigenvalue weighted by Crippen LogP contribution is 2.29. The molecule has 0 saturated carbocycles. The average molecular weight is 267 g/mol. The summed E-state index contributed by atoms with van der Waals surface area (Å²) >= 11 is 0. The maximum absolute atomic E-state index is 4.70. The second-order valence-electron chi connectivity index (χ2n) is 5.75. The van der Waals surface area contributed by atoms with E-state index in [9.17, 15) is 0 Å². The Morgan fingerprint density at radius 2 is 2.20 bits per heavy atom. The molecular weight excluding hydrogens is 246 g/mol. The Labute approximate surface area is 120 Å². The molecule has 0 spiro atoms. The van der Waals surface area contributed by atoms with E-state index in [1.165, 1.54) is 5.56 Å². The van der Waals surface area contributed by atoms with Crippen molar-refractivity contribution in [2.24, 2.45) is 15.9 Å². The first-order valence-corrected chi connectivity index (χ1v) is 7.34. The van der Waals surface area contributed by atoms with Gasteiger partial charge in [-0.3, -0.25) is 4.99 Å². The highest BCUT2D eigenvalue weighted by Gasteiger charge is 2.31. The van der Waals surface area contributed by atoms with Gasteiger partial charge in [0.2, 0.25) is 0 Å². The quantitative estimate of drug-likeness (QED) is 0.605. The summed E-state index contributed by atoms with van der Waals surface area (Å²) in [6.45, 7) is 5.44. The van der Waals surface area contributed by atoms with E-state index in [1.807, 2.05) is 18.6 Å². The lowest BCUT2D eigenvalue weighted by atomic mass is 10.0. The molecule has 2 heterocycles. The molecule has 2 aliphatic heterocycles. The molecule has 1 saturated heterocycles. The third kappa shape index (κ3) is 2.53. The van der Waals surface area contributed by atoms with Crippen LogP contribution in [-0.2, 0) is 0 Å². The van der Waals surface area contributed by atoms with Crippen molar-refractivity contribution in [3.05, 3.63) is 42.0 Å². The third-order valence-corrected chi connectivity index (χ3v) is 4.03. The summed E-state index contributed by atoms with van der Waals surface area (Å²) in [6.07, 6.45) is 9.59. The summed E-state index contributed by atoms with van der Waals surface area (Å²) in [5, 5.41) is 0. The van der Waals surface area contributed by atoms with Crippen molar-refractivity contribution in [1.82, 2.24) is 4.90 Å². The lowest BCUT2D eigenvalue weighted by molar-refractivity contribution is 0.381. The molecule has 2 unspecified atom stereocenters. The van der Waals surface area contributed by atoms with Crippen LogP contribution < -0.4 is 0 Å². The average Bonchev–Trinajstić information content (AvgIpc) is 2.88. The normalized spacial score (nSPS) is 24.9. The summed E-state index contributed by atoms with van der Waals surface area (Å²) in [4.78, 5) is 11.5. The van der Waals surface area contributed by atoms with Crippen LogP contribution in [0.25, 0.3) is 0 Å². The zero-order valence-electron chi connectivity index (χ0n) is 12.1. The van der Waals surface area contributed by atoms with E-state index in [0.29, 0.717) is 11.8 Å². The van der Waals surface area contributed by atoms with Crippen LogP contribution in [0, 0.1) is 5.92 Å². The first-order chi connectivity index (χ1) is 9.75. The van der Waals surface area contributed by atoms with Crippen LogP contribution in [0.15, 0.2) is 46.4 Å². The Kier molecular flexibility index (Phi) is 3.68. The Balaban J connectivity index is 1.78. The Hall–Kier alpha value is -1.90. The number of hydrogen-bond donors (Lipinski definition) is 0. The predicted octanol–water partition coefficient (Wildman–Crippen LogP) is 3.76. The second-order valence-corrected chi connectivity index (χ2v) is 5.75. The lowest BCUT2D eigenvalue weighted by Crippen LogP contribution is -2.30. The van der Waals surface area contributed by atoms with E-state index in [0.717, 1.165) is 18.7 Å². The lowest BCUT2D eigenvalue weighted by Gasteiger charge is -2.22. The van der Waals surface area contributed by atoms with Crippen molar-refractivity contribution in [3.8, 4) is 0 Å². The van der Waals surface area contributed by atoms with Crippen LogP contribution in [0.3, 0.4) is 0 Å². The minimum absolute atomic E-state index is 0.245. The molecule has 3 nitrogen and oxygen atoms in total. The number of fused-ring (bicyclic) bond motifs is 1. The topological polar surface area (TPSA) is 28.0 Å². The molecule has 20 heavy (non-hydrogen) atoms. The number of hydrogen-bond acceptors (Lipinski definition) is 2. The number of benzene rings is 1. The number of likely N-dealkylation sites (tertiary alicyclic amines) is 1. The van der Waals surface area contributed by atoms with E-state index >= 15 is 0 Å². The van der Waals surface area contributed by atoms with Gasteiger partial charge in [0, 0.05) is 18.7 Å². The predicted molar refractivity (Wildman–Crippen MR) is 84.9 cm³/mol. The number of aliphatic imine (C=N–C) groups is 2. The summed E-state index contributed by atoms with van der Waals surface area (Å²) < 4.78 is 0. The van der Waals surface area contributed by atoms with E-state index in [2.05, 4.69) is 54.1 Å².